The Morgan fingerprint density at radius 3 is 2.76 bits per heavy atom. The maximum atomic E-state index is 13.4. The van der Waals surface area contributed by atoms with Gasteiger partial charge < -0.3 is 9.84 Å². The van der Waals surface area contributed by atoms with Crippen molar-refractivity contribution in [1.29, 1.82) is 0 Å². The summed E-state index contributed by atoms with van der Waals surface area (Å²) in [6.07, 6.45) is 0.102. The Kier molecular flexibility index (Phi) is 4.94. The molecule has 4 heteroatoms. The molecule has 0 heterocycles. The summed E-state index contributed by atoms with van der Waals surface area (Å²) < 4.78 is 18.8. The van der Waals surface area contributed by atoms with Crippen LogP contribution in [0.15, 0.2) is 18.2 Å². The number of hydrogen-bond donors (Lipinski definition) is 1. The molecule has 1 aromatic rings. The van der Waals surface area contributed by atoms with Crippen molar-refractivity contribution in [3.63, 3.8) is 0 Å². The van der Waals surface area contributed by atoms with E-state index in [9.17, 15) is 9.18 Å². The SMILES string of the molecule is CC(C)COc1ccc(F)c(CCC(=O)O)c1. The van der Waals surface area contributed by atoms with Crippen molar-refractivity contribution >= 4 is 5.97 Å². The average Bonchev–Trinajstić information content (AvgIpc) is 2.26. The molecule has 0 aliphatic carbocycles. The molecular formula is C13H17FO3. The minimum Gasteiger partial charge on any atom is -0.493 e. The van der Waals surface area contributed by atoms with Gasteiger partial charge in [-0.2, -0.15) is 0 Å². The number of hydrogen-bond acceptors (Lipinski definition) is 2. The van der Waals surface area contributed by atoms with Gasteiger partial charge in [-0.05, 0) is 36.1 Å². The lowest BCUT2D eigenvalue weighted by Gasteiger charge is -2.10. The Bertz CT molecular complexity index is 388. The van der Waals surface area contributed by atoms with Crippen LogP contribution in [0.1, 0.15) is 25.8 Å². The molecule has 17 heavy (non-hydrogen) atoms. The Hall–Kier alpha value is -1.58. The van der Waals surface area contributed by atoms with E-state index in [4.69, 9.17) is 9.84 Å². The molecule has 0 bridgehead atoms. The Morgan fingerprint density at radius 1 is 1.47 bits per heavy atom. The quantitative estimate of drug-likeness (QED) is 0.831. The summed E-state index contributed by atoms with van der Waals surface area (Å²) in [5.74, 6) is -0.343. The molecule has 94 valence electrons. The van der Waals surface area contributed by atoms with Crippen molar-refractivity contribution in [3.05, 3.63) is 29.6 Å². The van der Waals surface area contributed by atoms with E-state index in [0.717, 1.165) is 0 Å². The van der Waals surface area contributed by atoms with Crippen LogP contribution in [-0.4, -0.2) is 17.7 Å². The van der Waals surface area contributed by atoms with Crippen LogP contribution in [0.25, 0.3) is 0 Å². The Labute approximate surface area is 100 Å². The van der Waals surface area contributed by atoms with Crippen LogP contribution in [0.3, 0.4) is 0 Å². The van der Waals surface area contributed by atoms with Gasteiger partial charge in [-0.1, -0.05) is 13.8 Å². The van der Waals surface area contributed by atoms with Crippen LogP contribution in [0.5, 0.6) is 5.75 Å². The van der Waals surface area contributed by atoms with Gasteiger partial charge in [0.15, 0.2) is 0 Å². The summed E-state index contributed by atoms with van der Waals surface area (Å²) in [5, 5.41) is 8.56. The molecule has 0 radical (unpaired) electrons. The molecule has 1 aromatic carbocycles. The third kappa shape index (κ3) is 4.85. The first-order chi connectivity index (χ1) is 7.99. The molecule has 3 nitrogen and oxygen atoms in total. The summed E-state index contributed by atoms with van der Waals surface area (Å²) >= 11 is 0. The summed E-state index contributed by atoms with van der Waals surface area (Å²) in [7, 11) is 0. The zero-order valence-corrected chi connectivity index (χ0v) is 10.1. The Morgan fingerprint density at radius 2 is 2.18 bits per heavy atom. The molecule has 0 saturated heterocycles. The highest BCUT2D eigenvalue weighted by Gasteiger charge is 2.07. The minimum atomic E-state index is -0.932. The van der Waals surface area contributed by atoms with Crippen molar-refractivity contribution in [2.45, 2.75) is 26.7 Å². The second kappa shape index (κ2) is 6.23. The monoisotopic (exact) mass is 240 g/mol. The fourth-order valence-electron chi connectivity index (χ4n) is 1.34. The third-order valence-corrected chi connectivity index (χ3v) is 2.21. The van der Waals surface area contributed by atoms with Crippen LogP contribution < -0.4 is 4.74 Å². The number of carbonyl (C=O) groups is 1. The average molecular weight is 240 g/mol. The molecule has 0 aromatic heterocycles. The fraction of sp³-hybridized carbons (Fsp3) is 0.462. The molecule has 0 saturated carbocycles. The number of carboxylic acids is 1. The number of rotatable bonds is 6. The number of benzene rings is 1. The summed E-state index contributed by atoms with van der Waals surface area (Å²) in [6, 6.07) is 4.44. The molecule has 0 atom stereocenters. The molecule has 0 fully saturated rings. The van der Waals surface area contributed by atoms with Gasteiger partial charge in [0.25, 0.3) is 0 Å². The molecule has 1 rings (SSSR count). The van der Waals surface area contributed by atoms with Crippen molar-refractivity contribution in [3.8, 4) is 5.75 Å². The standard InChI is InChI=1S/C13H17FO3/c1-9(2)8-17-11-4-5-12(14)10(7-11)3-6-13(15)16/h4-5,7,9H,3,6,8H2,1-2H3,(H,15,16). The summed E-state index contributed by atoms with van der Waals surface area (Å²) in [6.45, 7) is 4.60. The largest absolute Gasteiger partial charge is 0.493 e. The van der Waals surface area contributed by atoms with Crippen LogP contribution in [0, 0.1) is 11.7 Å². The van der Waals surface area contributed by atoms with E-state index in [-0.39, 0.29) is 18.7 Å². The highest BCUT2D eigenvalue weighted by Crippen LogP contribution is 2.19. The first-order valence-electron chi connectivity index (χ1n) is 5.62. The van der Waals surface area contributed by atoms with E-state index in [1.807, 2.05) is 13.8 Å². The lowest BCUT2D eigenvalue weighted by molar-refractivity contribution is -0.136. The van der Waals surface area contributed by atoms with Gasteiger partial charge in [-0.3, -0.25) is 4.79 Å². The molecule has 0 spiro atoms. The smallest absolute Gasteiger partial charge is 0.303 e. The van der Waals surface area contributed by atoms with Crippen LogP contribution in [-0.2, 0) is 11.2 Å². The zero-order chi connectivity index (χ0) is 12.8. The topological polar surface area (TPSA) is 46.5 Å². The second-order valence-electron chi connectivity index (χ2n) is 4.35. The van der Waals surface area contributed by atoms with Crippen molar-refractivity contribution in [2.24, 2.45) is 5.92 Å². The van der Waals surface area contributed by atoms with Crippen molar-refractivity contribution < 1.29 is 19.0 Å². The number of halogens is 1. The molecule has 0 unspecified atom stereocenters. The Balaban J connectivity index is 2.68. The lowest BCUT2D eigenvalue weighted by atomic mass is 10.1. The molecule has 0 amide bonds. The summed E-state index contributed by atoms with van der Waals surface area (Å²) in [5.41, 5.74) is 0.383. The molecule has 0 aliphatic rings. The molecule has 0 aliphatic heterocycles. The van der Waals surface area contributed by atoms with Gasteiger partial charge in [-0.25, -0.2) is 4.39 Å². The first-order valence-corrected chi connectivity index (χ1v) is 5.62. The van der Waals surface area contributed by atoms with Gasteiger partial charge in [0, 0.05) is 6.42 Å². The summed E-state index contributed by atoms with van der Waals surface area (Å²) in [4.78, 5) is 10.4. The van der Waals surface area contributed by atoms with E-state index < -0.39 is 5.97 Å². The minimum absolute atomic E-state index is 0.0788. The van der Waals surface area contributed by atoms with E-state index in [2.05, 4.69) is 0 Å². The van der Waals surface area contributed by atoms with Gasteiger partial charge in [0.2, 0.25) is 0 Å². The van der Waals surface area contributed by atoms with E-state index in [0.29, 0.717) is 23.8 Å². The van der Waals surface area contributed by atoms with E-state index in [1.54, 1.807) is 12.1 Å². The van der Waals surface area contributed by atoms with Gasteiger partial charge in [0.05, 0.1) is 6.61 Å². The van der Waals surface area contributed by atoms with E-state index in [1.165, 1.54) is 6.07 Å². The second-order valence-corrected chi connectivity index (χ2v) is 4.35. The predicted octanol–water partition coefficient (Wildman–Crippen LogP) is 2.88. The predicted molar refractivity (Wildman–Crippen MR) is 62.7 cm³/mol. The molecular weight excluding hydrogens is 223 g/mol. The number of ether oxygens (including phenoxy) is 1. The van der Waals surface area contributed by atoms with Gasteiger partial charge in [-0.15, -0.1) is 0 Å². The van der Waals surface area contributed by atoms with Crippen molar-refractivity contribution in [1.82, 2.24) is 0 Å². The fourth-order valence-corrected chi connectivity index (χ4v) is 1.34. The number of aliphatic carboxylic acids is 1. The maximum absolute atomic E-state index is 13.4. The third-order valence-electron chi connectivity index (χ3n) is 2.21. The zero-order valence-electron chi connectivity index (χ0n) is 10.1. The van der Waals surface area contributed by atoms with Gasteiger partial charge in [0.1, 0.15) is 11.6 Å². The van der Waals surface area contributed by atoms with Crippen LogP contribution in [0.2, 0.25) is 0 Å². The highest BCUT2D eigenvalue weighted by atomic mass is 19.1. The van der Waals surface area contributed by atoms with Crippen molar-refractivity contribution in [2.75, 3.05) is 6.61 Å². The first kappa shape index (κ1) is 13.5. The van der Waals surface area contributed by atoms with E-state index >= 15 is 0 Å². The lowest BCUT2D eigenvalue weighted by Crippen LogP contribution is -2.05. The normalized spacial score (nSPS) is 10.6. The van der Waals surface area contributed by atoms with Crippen LogP contribution >= 0.6 is 0 Å². The van der Waals surface area contributed by atoms with Gasteiger partial charge >= 0.3 is 5.97 Å². The number of carboxylic acid groups (broad SMARTS) is 1. The number of aryl methyl sites for hydroxylation is 1. The van der Waals surface area contributed by atoms with Crippen LogP contribution in [0.4, 0.5) is 4.39 Å². The maximum Gasteiger partial charge on any atom is 0.303 e. The highest BCUT2D eigenvalue weighted by molar-refractivity contribution is 5.67. The molecule has 1 N–H and O–H groups in total.